The van der Waals surface area contributed by atoms with Gasteiger partial charge in [0.05, 0.1) is 27.5 Å². The van der Waals surface area contributed by atoms with Gasteiger partial charge >= 0.3 is 12.0 Å². The molecule has 1 heterocycles. The molecule has 0 radical (unpaired) electrons. The monoisotopic (exact) mass is 477 g/mol. The third-order valence-electron chi connectivity index (χ3n) is 6.23. The van der Waals surface area contributed by atoms with Gasteiger partial charge in [-0.1, -0.05) is 65.7 Å². The van der Waals surface area contributed by atoms with Gasteiger partial charge in [0, 0.05) is 13.1 Å². The highest BCUT2D eigenvalue weighted by molar-refractivity contribution is 6.42. The molecule has 3 rings (SSSR count). The highest BCUT2D eigenvalue weighted by Gasteiger charge is 2.49. The lowest BCUT2D eigenvalue weighted by Gasteiger charge is -2.47. The van der Waals surface area contributed by atoms with Crippen molar-refractivity contribution in [2.45, 2.75) is 38.9 Å². The summed E-state index contributed by atoms with van der Waals surface area (Å²) in [7, 11) is 1.90. The minimum absolute atomic E-state index is 0.305. The molecule has 1 fully saturated rings. The predicted molar refractivity (Wildman–Crippen MR) is 127 cm³/mol. The van der Waals surface area contributed by atoms with Gasteiger partial charge in [-0.05, 0) is 51.1 Å². The topological polar surface area (TPSA) is 72.9 Å². The molecule has 1 saturated heterocycles. The van der Waals surface area contributed by atoms with Crippen LogP contribution in [0.2, 0.25) is 10.0 Å². The lowest BCUT2D eigenvalue weighted by molar-refractivity contribution is -0.155. The first-order valence-corrected chi connectivity index (χ1v) is 11.4. The van der Waals surface area contributed by atoms with Crippen LogP contribution in [0.3, 0.4) is 0 Å². The van der Waals surface area contributed by atoms with Crippen molar-refractivity contribution in [3.8, 4) is 0 Å². The summed E-state index contributed by atoms with van der Waals surface area (Å²) in [6.07, 6.45) is 0.561. The van der Waals surface area contributed by atoms with Crippen LogP contribution in [0.5, 0.6) is 0 Å². The zero-order valence-electron chi connectivity index (χ0n) is 18.5. The molecular weight excluding hydrogens is 449 g/mol. The number of piperidine rings is 1. The fraction of sp³-hybridized carbons (Fsp3) is 0.417. The molecule has 8 heteroatoms. The van der Waals surface area contributed by atoms with Crippen molar-refractivity contribution in [1.29, 1.82) is 0 Å². The number of nitrogens with zero attached hydrogens (tertiary/aromatic N) is 2. The molecule has 0 aliphatic carbocycles. The van der Waals surface area contributed by atoms with Gasteiger partial charge in [0.2, 0.25) is 0 Å². The van der Waals surface area contributed by atoms with Crippen molar-refractivity contribution in [2.24, 2.45) is 5.41 Å². The van der Waals surface area contributed by atoms with Crippen molar-refractivity contribution in [1.82, 2.24) is 15.1 Å². The fourth-order valence-corrected chi connectivity index (χ4v) is 4.89. The summed E-state index contributed by atoms with van der Waals surface area (Å²) in [5.74, 6) is -0.911. The standard InChI is InChI=1S/C24H29Cl2N3O3/c1-16(18-10-7-11-19(25)21(18)26)27-23(32)29(14-17-8-5-4-6-9-17)20-12-13-28(3)15-24(20,2)22(30)31/h4-11,16,20H,12-15H2,1-3H3,(H,27,32)(H,30,31). The van der Waals surface area contributed by atoms with Gasteiger partial charge in [0.1, 0.15) is 0 Å². The molecule has 0 spiro atoms. The Balaban J connectivity index is 1.92. The predicted octanol–water partition coefficient (Wildman–Crippen LogP) is 5.06. The van der Waals surface area contributed by atoms with Crippen LogP contribution in [-0.2, 0) is 11.3 Å². The Bertz CT molecular complexity index is 972. The summed E-state index contributed by atoms with van der Waals surface area (Å²) in [6.45, 7) is 4.93. The molecule has 0 aromatic heterocycles. The van der Waals surface area contributed by atoms with Crippen LogP contribution in [0.1, 0.15) is 37.4 Å². The van der Waals surface area contributed by atoms with Gasteiger partial charge in [-0.2, -0.15) is 0 Å². The van der Waals surface area contributed by atoms with Crippen molar-refractivity contribution in [3.05, 3.63) is 69.7 Å². The highest BCUT2D eigenvalue weighted by atomic mass is 35.5. The first-order valence-electron chi connectivity index (χ1n) is 10.6. The maximum atomic E-state index is 13.6. The van der Waals surface area contributed by atoms with E-state index in [9.17, 15) is 14.7 Å². The molecule has 172 valence electrons. The maximum absolute atomic E-state index is 13.6. The van der Waals surface area contributed by atoms with Gasteiger partial charge in [0.25, 0.3) is 0 Å². The van der Waals surface area contributed by atoms with Crippen LogP contribution in [-0.4, -0.2) is 53.1 Å². The Morgan fingerprint density at radius 1 is 1.22 bits per heavy atom. The number of nitrogens with one attached hydrogen (secondary N) is 1. The number of carbonyl (C=O) groups excluding carboxylic acids is 1. The number of aliphatic carboxylic acids is 1. The fourth-order valence-electron chi connectivity index (χ4n) is 4.42. The van der Waals surface area contributed by atoms with E-state index in [0.717, 1.165) is 5.56 Å². The number of carboxylic acid groups (broad SMARTS) is 1. The number of amides is 2. The molecule has 0 saturated carbocycles. The molecular formula is C24H29Cl2N3O3. The van der Waals surface area contributed by atoms with Crippen LogP contribution >= 0.6 is 23.2 Å². The first kappa shape index (κ1) is 24.4. The molecule has 1 aliphatic rings. The quantitative estimate of drug-likeness (QED) is 0.609. The average Bonchev–Trinajstić information content (AvgIpc) is 2.75. The Hall–Kier alpha value is -2.28. The van der Waals surface area contributed by atoms with E-state index in [2.05, 4.69) is 5.32 Å². The number of carbonyl (C=O) groups is 2. The number of carboxylic acids is 1. The van der Waals surface area contributed by atoms with Crippen LogP contribution in [0, 0.1) is 5.41 Å². The maximum Gasteiger partial charge on any atom is 0.318 e. The number of rotatable bonds is 6. The number of benzene rings is 2. The molecule has 2 aromatic carbocycles. The lowest BCUT2D eigenvalue weighted by atomic mass is 9.76. The third kappa shape index (κ3) is 5.20. The van der Waals surface area contributed by atoms with Gasteiger partial charge in [-0.25, -0.2) is 4.79 Å². The second-order valence-electron chi connectivity index (χ2n) is 8.69. The Morgan fingerprint density at radius 2 is 1.91 bits per heavy atom. The van der Waals surface area contributed by atoms with Gasteiger partial charge in [-0.15, -0.1) is 0 Å². The number of hydrogen-bond acceptors (Lipinski definition) is 3. The van der Waals surface area contributed by atoms with E-state index in [1.807, 2.05) is 55.3 Å². The van der Waals surface area contributed by atoms with E-state index in [1.165, 1.54) is 0 Å². The Kier molecular flexibility index (Phi) is 7.70. The van der Waals surface area contributed by atoms with Crippen molar-refractivity contribution >= 4 is 35.2 Å². The van der Waals surface area contributed by atoms with Crippen LogP contribution < -0.4 is 5.32 Å². The SMILES string of the molecule is CC(NC(=O)N(Cc1ccccc1)C1CCN(C)CC1(C)C(=O)O)c1cccc(Cl)c1Cl. The summed E-state index contributed by atoms with van der Waals surface area (Å²) >= 11 is 12.5. The molecule has 1 aliphatic heterocycles. The van der Waals surface area contributed by atoms with Crippen molar-refractivity contribution in [3.63, 3.8) is 0 Å². The summed E-state index contributed by atoms with van der Waals surface area (Å²) in [4.78, 5) is 29.5. The summed E-state index contributed by atoms with van der Waals surface area (Å²) < 4.78 is 0. The lowest BCUT2D eigenvalue weighted by Crippen LogP contribution is -2.61. The number of urea groups is 1. The van der Waals surface area contributed by atoms with Gasteiger partial charge < -0.3 is 20.2 Å². The highest BCUT2D eigenvalue weighted by Crippen LogP contribution is 2.35. The number of likely N-dealkylation sites (tertiary alicyclic amines) is 1. The van der Waals surface area contributed by atoms with Gasteiger partial charge in [-0.3, -0.25) is 4.79 Å². The van der Waals surface area contributed by atoms with Crippen LogP contribution in [0.15, 0.2) is 48.5 Å². The second kappa shape index (κ2) is 10.1. The molecule has 2 N–H and O–H groups in total. The van der Waals surface area contributed by atoms with E-state index >= 15 is 0 Å². The van der Waals surface area contributed by atoms with Crippen LogP contribution in [0.4, 0.5) is 4.79 Å². The molecule has 32 heavy (non-hydrogen) atoms. The largest absolute Gasteiger partial charge is 0.481 e. The molecule has 3 atom stereocenters. The minimum Gasteiger partial charge on any atom is -0.481 e. The van der Waals surface area contributed by atoms with Gasteiger partial charge in [0.15, 0.2) is 0 Å². The van der Waals surface area contributed by atoms with E-state index in [4.69, 9.17) is 23.2 Å². The minimum atomic E-state index is -1.10. The Labute approximate surface area is 199 Å². The summed E-state index contributed by atoms with van der Waals surface area (Å²) in [5, 5.41) is 13.9. The summed E-state index contributed by atoms with van der Waals surface area (Å²) in [6, 6.07) is 13.7. The molecule has 2 aromatic rings. The van der Waals surface area contributed by atoms with E-state index in [0.29, 0.717) is 41.7 Å². The second-order valence-corrected chi connectivity index (χ2v) is 9.48. The van der Waals surface area contributed by atoms with Crippen LogP contribution in [0.25, 0.3) is 0 Å². The number of hydrogen-bond donors (Lipinski definition) is 2. The Morgan fingerprint density at radius 3 is 2.56 bits per heavy atom. The van der Waals surface area contributed by atoms with E-state index in [1.54, 1.807) is 24.0 Å². The summed E-state index contributed by atoms with van der Waals surface area (Å²) in [5.41, 5.74) is 0.537. The normalized spacial score (nSPS) is 22.2. The van der Waals surface area contributed by atoms with Crippen molar-refractivity contribution in [2.75, 3.05) is 20.1 Å². The molecule has 0 bridgehead atoms. The zero-order valence-corrected chi connectivity index (χ0v) is 20.0. The molecule has 2 amide bonds. The number of halogens is 2. The average molecular weight is 478 g/mol. The van der Waals surface area contributed by atoms with E-state index in [-0.39, 0.29) is 6.03 Å². The molecule has 3 unspecified atom stereocenters. The third-order valence-corrected chi connectivity index (χ3v) is 7.06. The first-order chi connectivity index (χ1) is 15.1. The molecule has 6 nitrogen and oxygen atoms in total. The van der Waals surface area contributed by atoms with E-state index < -0.39 is 23.5 Å². The zero-order chi connectivity index (χ0) is 23.5. The smallest absolute Gasteiger partial charge is 0.318 e. The van der Waals surface area contributed by atoms with Crippen molar-refractivity contribution < 1.29 is 14.7 Å².